The van der Waals surface area contributed by atoms with E-state index in [1.807, 2.05) is 45.9 Å². The van der Waals surface area contributed by atoms with Crippen molar-refractivity contribution in [2.24, 2.45) is 0 Å². The second kappa shape index (κ2) is 5.91. The van der Waals surface area contributed by atoms with E-state index in [4.69, 9.17) is 4.74 Å². The molecule has 0 atom stereocenters. The van der Waals surface area contributed by atoms with Crippen LogP contribution in [0.15, 0.2) is 29.1 Å². The number of hydrogen-bond donors (Lipinski definition) is 1. The van der Waals surface area contributed by atoms with E-state index >= 15 is 0 Å². The highest BCUT2D eigenvalue weighted by atomic mass is 16.5. The fourth-order valence-electron chi connectivity index (χ4n) is 2.84. The third-order valence-corrected chi connectivity index (χ3v) is 3.85. The molecule has 3 rings (SSSR count). The highest BCUT2D eigenvalue weighted by molar-refractivity contribution is 5.84. The molecule has 0 aliphatic heterocycles. The zero-order chi connectivity index (χ0) is 18.4. The highest BCUT2D eigenvalue weighted by Gasteiger charge is 2.18. The van der Waals surface area contributed by atoms with Gasteiger partial charge in [0.15, 0.2) is 5.65 Å². The van der Waals surface area contributed by atoms with Gasteiger partial charge >= 0.3 is 5.69 Å². The summed E-state index contributed by atoms with van der Waals surface area (Å²) in [6.45, 7) is 7.44. The minimum atomic E-state index is -0.365. The number of pyridine rings is 1. The number of carbonyl (C=O) groups is 1. The Morgan fingerprint density at radius 1 is 1.28 bits per heavy atom. The zero-order valence-electron chi connectivity index (χ0n) is 15.1. The summed E-state index contributed by atoms with van der Waals surface area (Å²) in [4.78, 5) is 25.0. The number of aryl methyl sites for hydroxylation is 1. The molecule has 25 heavy (non-hydrogen) atoms. The number of aromatic nitrogens is 3. The molecule has 2 heterocycles. The first-order chi connectivity index (χ1) is 11.7. The summed E-state index contributed by atoms with van der Waals surface area (Å²) in [5.41, 5.74) is 1.39. The third-order valence-electron chi connectivity index (χ3n) is 3.85. The second-order valence-corrected chi connectivity index (χ2v) is 7.15. The summed E-state index contributed by atoms with van der Waals surface area (Å²) in [6.07, 6.45) is 0. The fourth-order valence-corrected chi connectivity index (χ4v) is 2.84. The first-order valence-electron chi connectivity index (χ1n) is 8.07. The zero-order valence-corrected chi connectivity index (χ0v) is 15.1. The average Bonchev–Trinajstić information content (AvgIpc) is 2.83. The maximum Gasteiger partial charge on any atom is 0.351 e. The lowest BCUT2D eigenvalue weighted by Crippen LogP contribution is -2.43. The van der Waals surface area contributed by atoms with Gasteiger partial charge in [0.25, 0.3) is 0 Å². The van der Waals surface area contributed by atoms with Crippen molar-refractivity contribution in [3.05, 3.63) is 40.3 Å². The highest BCUT2D eigenvalue weighted by Crippen LogP contribution is 2.23. The van der Waals surface area contributed by atoms with Crippen LogP contribution in [0.3, 0.4) is 0 Å². The number of benzene rings is 1. The van der Waals surface area contributed by atoms with E-state index in [0.717, 1.165) is 10.9 Å². The van der Waals surface area contributed by atoms with Gasteiger partial charge in [-0.05, 0) is 56.8 Å². The molecule has 3 aromatic rings. The van der Waals surface area contributed by atoms with E-state index in [-0.39, 0.29) is 23.7 Å². The number of nitrogens with one attached hydrogen (secondary N) is 1. The van der Waals surface area contributed by atoms with Crippen LogP contribution in [0.5, 0.6) is 5.75 Å². The molecule has 132 valence electrons. The van der Waals surface area contributed by atoms with E-state index in [2.05, 4.69) is 10.4 Å². The largest absolute Gasteiger partial charge is 0.497 e. The molecule has 0 saturated carbocycles. The summed E-state index contributed by atoms with van der Waals surface area (Å²) < 4.78 is 7.98. The smallest absolute Gasteiger partial charge is 0.351 e. The Balaban J connectivity index is 2.15. The van der Waals surface area contributed by atoms with Crippen molar-refractivity contribution in [1.29, 1.82) is 0 Å². The Labute approximate surface area is 145 Å². The number of carbonyl (C=O) groups excluding carboxylic acids is 1. The van der Waals surface area contributed by atoms with Crippen molar-refractivity contribution in [1.82, 2.24) is 19.5 Å². The first-order valence-corrected chi connectivity index (χ1v) is 8.07. The Morgan fingerprint density at radius 3 is 2.64 bits per heavy atom. The van der Waals surface area contributed by atoms with Crippen LogP contribution in [0.4, 0.5) is 0 Å². The van der Waals surface area contributed by atoms with E-state index < -0.39 is 0 Å². The van der Waals surface area contributed by atoms with E-state index in [1.165, 1.54) is 9.08 Å². The van der Waals surface area contributed by atoms with Gasteiger partial charge in [0, 0.05) is 11.6 Å². The number of hydrogen-bond acceptors (Lipinski definition) is 4. The van der Waals surface area contributed by atoms with Gasteiger partial charge in [-0.15, -0.1) is 5.10 Å². The summed E-state index contributed by atoms with van der Waals surface area (Å²) in [5.74, 6) is 0.403. The molecule has 1 aromatic carbocycles. The van der Waals surface area contributed by atoms with E-state index in [0.29, 0.717) is 16.9 Å². The maximum absolute atomic E-state index is 12.8. The van der Waals surface area contributed by atoms with Crippen LogP contribution in [0.25, 0.3) is 16.6 Å². The maximum atomic E-state index is 12.8. The standard InChI is InChI=1S/C18H22N4O3/c1-11-8-12-6-7-13(25-5)9-14(12)22-16(11)20-21(17(22)24)10-15(23)19-18(2,3)4/h6-9H,10H2,1-5H3,(H,19,23). The molecular weight excluding hydrogens is 320 g/mol. The lowest BCUT2D eigenvalue weighted by molar-refractivity contribution is -0.123. The molecule has 0 aliphatic carbocycles. The molecule has 0 aliphatic rings. The lowest BCUT2D eigenvalue weighted by atomic mass is 10.1. The summed E-state index contributed by atoms with van der Waals surface area (Å²) >= 11 is 0. The van der Waals surface area contributed by atoms with Gasteiger partial charge in [0.2, 0.25) is 5.91 Å². The molecule has 0 bridgehead atoms. The number of amides is 1. The molecule has 7 nitrogen and oxygen atoms in total. The minimum Gasteiger partial charge on any atom is -0.497 e. The van der Waals surface area contributed by atoms with Crippen molar-refractivity contribution in [2.75, 3.05) is 7.11 Å². The number of methoxy groups -OCH3 is 1. The number of nitrogens with zero attached hydrogens (tertiary/aromatic N) is 3. The van der Waals surface area contributed by atoms with Gasteiger partial charge in [-0.3, -0.25) is 4.79 Å². The van der Waals surface area contributed by atoms with Crippen molar-refractivity contribution in [3.8, 4) is 5.75 Å². The SMILES string of the molecule is COc1ccc2cc(C)c3nn(CC(=O)NC(C)(C)C)c(=O)n3c2c1. The third kappa shape index (κ3) is 3.22. The van der Waals surface area contributed by atoms with Crippen molar-refractivity contribution in [3.63, 3.8) is 0 Å². The number of rotatable bonds is 3. The fraction of sp³-hybridized carbons (Fsp3) is 0.389. The van der Waals surface area contributed by atoms with Crippen LogP contribution >= 0.6 is 0 Å². The van der Waals surface area contributed by atoms with Crippen LogP contribution < -0.4 is 15.7 Å². The number of fused-ring (bicyclic) bond motifs is 3. The van der Waals surface area contributed by atoms with Crippen LogP contribution in [-0.2, 0) is 11.3 Å². The van der Waals surface area contributed by atoms with Crippen LogP contribution in [0.1, 0.15) is 26.3 Å². The van der Waals surface area contributed by atoms with Crippen LogP contribution in [0, 0.1) is 6.92 Å². The molecule has 1 amide bonds. The van der Waals surface area contributed by atoms with Crippen molar-refractivity contribution >= 4 is 22.5 Å². The van der Waals surface area contributed by atoms with E-state index in [1.54, 1.807) is 13.2 Å². The van der Waals surface area contributed by atoms with Gasteiger partial charge in [-0.2, -0.15) is 0 Å². The predicted octanol–water partition coefficient (Wildman–Crippen LogP) is 1.88. The van der Waals surface area contributed by atoms with Crippen molar-refractivity contribution in [2.45, 2.75) is 39.8 Å². The molecule has 1 N–H and O–H groups in total. The summed E-state index contributed by atoms with van der Waals surface area (Å²) in [5, 5.41) is 8.10. The molecule has 2 aromatic heterocycles. The number of ether oxygens (including phenoxy) is 1. The van der Waals surface area contributed by atoms with Crippen LogP contribution in [0.2, 0.25) is 0 Å². The van der Waals surface area contributed by atoms with Gasteiger partial charge in [-0.1, -0.05) is 0 Å². The molecule has 0 saturated heterocycles. The van der Waals surface area contributed by atoms with Crippen molar-refractivity contribution < 1.29 is 9.53 Å². The lowest BCUT2D eigenvalue weighted by Gasteiger charge is -2.20. The molecule has 0 fully saturated rings. The first kappa shape index (κ1) is 17.0. The van der Waals surface area contributed by atoms with Crippen LogP contribution in [-0.4, -0.2) is 32.7 Å². The Bertz CT molecular complexity index is 1020. The summed E-state index contributed by atoms with van der Waals surface area (Å²) in [6, 6.07) is 7.51. The second-order valence-electron chi connectivity index (χ2n) is 7.15. The quantitative estimate of drug-likeness (QED) is 0.788. The molecular formula is C18H22N4O3. The van der Waals surface area contributed by atoms with Gasteiger partial charge in [-0.25, -0.2) is 13.9 Å². The Morgan fingerprint density at radius 2 is 2.00 bits per heavy atom. The minimum absolute atomic E-state index is 0.122. The van der Waals surface area contributed by atoms with Gasteiger partial charge in [0.1, 0.15) is 12.3 Å². The van der Waals surface area contributed by atoms with E-state index in [9.17, 15) is 9.59 Å². The summed E-state index contributed by atoms with van der Waals surface area (Å²) in [7, 11) is 1.58. The van der Waals surface area contributed by atoms with Gasteiger partial charge in [0.05, 0.1) is 12.6 Å². The molecule has 0 radical (unpaired) electrons. The molecule has 7 heteroatoms. The molecule has 0 spiro atoms. The van der Waals surface area contributed by atoms with Gasteiger partial charge < -0.3 is 10.1 Å². The molecule has 0 unspecified atom stereocenters. The Hall–Kier alpha value is -2.83. The topological polar surface area (TPSA) is 77.6 Å². The Kier molecular flexibility index (Phi) is 4.02. The average molecular weight is 342 g/mol. The normalized spacial score (nSPS) is 11.9. The monoisotopic (exact) mass is 342 g/mol. The predicted molar refractivity (Wildman–Crippen MR) is 96.1 cm³/mol.